The van der Waals surface area contributed by atoms with Crippen molar-refractivity contribution in [1.82, 2.24) is 24.3 Å². The zero-order valence-electron chi connectivity index (χ0n) is 15.6. The molecular formula is C20H23N5O2. The lowest BCUT2D eigenvalue weighted by molar-refractivity contribution is 0.0719. The normalized spacial score (nSPS) is 15.2. The fourth-order valence-electron chi connectivity index (χ4n) is 3.60. The Labute approximate surface area is 157 Å². The van der Waals surface area contributed by atoms with Crippen LogP contribution in [0.25, 0.3) is 11.0 Å². The Morgan fingerprint density at radius 3 is 2.37 bits per heavy atom. The van der Waals surface area contributed by atoms with Crippen LogP contribution in [0, 0.1) is 6.92 Å². The van der Waals surface area contributed by atoms with E-state index in [0.717, 1.165) is 23.3 Å². The van der Waals surface area contributed by atoms with Crippen molar-refractivity contribution in [3.05, 3.63) is 53.6 Å². The van der Waals surface area contributed by atoms with E-state index in [2.05, 4.69) is 9.97 Å². The van der Waals surface area contributed by atoms with Crippen LogP contribution in [0.1, 0.15) is 33.0 Å². The first-order valence-corrected chi connectivity index (χ1v) is 9.19. The summed E-state index contributed by atoms with van der Waals surface area (Å²) in [6.07, 6.45) is 4.23. The molecule has 1 aliphatic rings. The zero-order valence-corrected chi connectivity index (χ0v) is 15.6. The summed E-state index contributed by atoms with van der Waals surface area (Å²) in [4.78, 5) is 36.6. The Morgan fingerprint density at radius 2 is 1.70 bits per heavy atom. The van der Waals surface area contributed by atoms with E-state index in [9.17, 15) is 9.59 Å². The highest BCUT2D eigenvalue weighted by Gasteiger charge is 2.24. The van der Waals surface area contributed by atoms with Gasteiger partial charge in [-0.2, -0.15) is 0 Å². The van der Waals surface area contributed by atoms with Gasteiger partial charge in [-0.25, -0.2) is 4.98 Å². The van der Waals surface area contributed by atoms with Crippen LogP contribution in [-0.4, -0.2) is 62.3 Å². The van der Waals surface area contributed by atoms with Crippen molar-refractivity contribution in [1.29, 1.82) is 0 Å². The van der Waals surface area contributed by atoms with Gasteiger partial charge in [0.15, 0.2) is 0 Å². The summed E-state index contributed by atoms with van der Waals surface area (Å²) in [5, 5.41) is 0. The summed E-state index contributed by atoms with van der Waals surface area (Å²) in [7, 11) is 1.97. The maximum Gasteiger partial charge on any atom is 0.255 e. The smallest absolute Gasteiger partial charge is 0.255 e. The number of hydrogen-bond donors (Lipinski definition) is 1. The summed E-state index contributed by atoms with van der Waals surface area (Å²) in [5.74, 6) is 0.926. The third-order valence-corrected chi connectivity index (χ3v) is 5.27. The number of nitrogens with zero attached hydrogens (tertiary/aromatic N) is 4. The van der Waals surface area contributed by atoms with Crippen LogP contribution in [0.5, 0.6) is 0 Å². The molecule has 0 bridgehead atoms. The molecule has 0 saturated carbocycles. The van der Waals surface area contributed by atoms with Crippen molar-refractivity contribution < 1.29 is 9.59 Å². The molecule has 3 aromatic rings. The van der Waals surface area contributed by atoms with Crippen molar-refractivity contribution >= 4 is 22.8 Å². The van der Waals surface area contributed by atoms with E-state index >= 15 is 0 Å². The number of aromatic amines is 1. The van der Waals surface area contributed by atoms with Crippen LogP contribution in [0.4, 0.5) is 0 Å². The van der Waals surface area contributed by atoms with Gasteiger partial charge in [0.25, 0.3) is 11.8 Å². The summed E-state index contributed by atoms with van der Waals surface area (Å²) >= 11 is 0. The Hall–Kier alpha value is -3.09. The highest BCUT2D eigenvalue weighted by Crippen LogP contribution is 2.18. The molecule has 2 amide bonds. The van der Waals surface area contributed by atoms with Gasteiger partial charge >= 0.3 is 0 Å². The van der Waals surface area contributed by atoms with Gasteiger partial charge in [-0.15, -0.1) is 0 Å². The number of fused-ring (bicyclic) bond motifs is 1. The van der Waals surface area contributed by atoms with Gasteiger partial charge in [-0.3, -0.25) is 9.59 Å². The Balaban J connectivity index is 1.49. The number of aromatic nitrogens is 3. The molecule has 0 radical (unpaired) electrons. The minimum Gasteiger partial charge on any atom is -0.367 e. The predicted molar refractivity (Wildman–Crippen MR) is 103 cm³/mol. The lowest BCUT2D eigenvalue weighted by Crippen LogP contribution is -2.37. The molecule has 1 saturated heterocycles. The van der Waals surface area contributed by atoms with E-state index in [-0.39, 0.29) is 11.8 Å². The monoisotopic (exact) mass is 365 g/mol. The zero-order chi connectivity index (χ0) is 19.0. The number of carbonyl (C=O) groups excluding carboxylic acids is 2. The van der Waals surface area contributed by atoms with Gasteiger partial charge < -0.3 is 19.4 Å². The second kappa shape index (κ2) is 6.90. The first-order valence-electron chi connectivity index (χ1n) is 9.19. The number of benzene rings is 1. The average molecular weight is 365 g/mol. The van der Waals surface area contributed by atoms with E-state index in [1.54, 1.807) is 18.5 Å². The summed E-state index contributed by atoms with van der Waals surface area (Å²) in [5.41, 5.74) is 3.15. The van der Waals surface area contributed by atoms with Gasteiger partial charge in [0.2, 0.25) is 0 Å². The van der Waals surface area contributed by atoms with E-state index in [4.69, 9.17) is 0 Å². The van der Waals surface area contributed by atoms with Gasteiger partial charge in [0.1, 0.15) is 5.82 Å². The largest absolute Gasteiger partial charge is 0.367 e. The number of imidazole rings is 1. The third-order valence-electron chi connectivity index (χ3n) is 5.27. The molecule has 140 valence electrons. The standard InChI is InChI=1S/C20H23N5O2/c1-14-22-17-12-15(4-5-18(17)23(14)2)19(26)24-8-3-9-25(11-10-24)20(27)16-6-7-21-13-16/h4-7,12-13,21H,3,8-11H2,1-2H3. The SMILES string of the molecule is Cc1nc2cc(C(=O)N3CCCN(C(=O)c4cc[nH]c4)CC3)ccc2n1C. The maximum atomic E-state index is 13.0. The molecule has 7 nitrogen and oxygen atoms in total. The minimum absolute atomic E-state index is 0.00357. The Kier molecular flexibility index (Phi) is 4.43. The van der Waals surface area contributed by atoms with E-state index in [0.29, 0.717) is 37.3 Å². The predicted octanol–water partition coefficient (Wildman–Crippen LogP) is 2.20. The van der Waals surface area contributed by atoms with Crippen LogP contribution in [-0.2, 0) is 7.05 Å². The van der Waals surface area contributed by atoms with Gasteiger partial charge in [-0.05, 0) is 37.6 Å². The number of rotatable bonds is 2. The van der Waals surface area contributed by atoms with E-state index < -0.39 is 0 Å². The Bertz CT molecular complexity index is 989. The molecule has 1 aromatic carbocycles. The van der Waals surface area contributed by atoms with Crippen molar-refractivity contribution in [2.75, 3.05) is 26.2 Å². The van der Waals surface area contributed by atoms with Crippen LogP contribution in [0.15, 0.2) is 36.7 Å². The Morgan fingerprint density at radius 1 is 1.00 bits per heavy atom. The quantitative estimate of drug-likeness (QED) is 0.757. The molecule has 3 heterocycles. The third kappa shape index (κ3) is 3.20. The molecule has 0 atom stereocenters. The fourth-order valence-corrected chi connectivity index (χ4v) is 3.60. The minimum atomic E-state index is -0.00357. The summed E-state index contributed by atoms with van der Waals surface area (Å²) in [6.45, 7) is 4.34. The van der Waals surface area contributed by atoms with Crippen molar-refractivity contribution in [2.24, 2.45) is 7.05 Å². The lowest BCUT2D eigenvalue weighted by Gasteiger charge is -2.22. The molecular weight excluding hydrogens is 342 g/mol. The average Bonchev–Trinajstić information content (AvgIpc) is 3.22. The molecule has 1 N–H and O–H groups in total. The van der Waals surface area contributed by atoms with Crippen molar-refractivity contribution in [3.8, 4) is 0 Å². The fraction of sp³-hybridized carbons (Fsp3) is 0.350. The molecule has 1 aliphatic heterocycles. The number of hydrogen-bond acceptors (Lipinski definition) is 3. The van der Waals surface area contributed by atoms with Crippen LogP contribution >= 0.6 is 0 Å². The summed E-state index contributed by atoms with van der Waals surface area (Å²) < 4.78 is 2.01. The molecule has 2 aromatic heterocycles. The highest BCUT2D eigenvalue weighted by molar-refractivity contribution is 5.98. The summed E-state index contributed by atoms with van der Waals surface area (Å²) in [6, 6.07) is 7.44. The van der Waals surface area contributed by atoms with Gasteiger partial charge in [0.05, 0.1) is 16.6 Å². The highest BCUT2D eigenvalue weighted by atomic mass is 16.2. The first-order chi connectivity index (χ1) is 13.0. The van der Waals surface area contributed by atoms with Crippen molar-refractivity contribution in [2.45, 2.75) is 13.3 Å². The lowest BCUT2D eigenvalue weighted by atomic mass is 10.1. The molecule has 1 fully saturated rings. The van der Waals surface area contributed by atoms with Gasteiger partial charge in [-0.1, -0.05) is 0 Å². The van der Waals surface area contributed by atoms with E-state index in [1.807, 2.05) is 46.5 Å². The number of nitrogens with one attached hydrogen (secondary N) is 1. The number of amides is 2. The molecule has 27 heavy (non-hydrogen) atoms. The second-order valence-electron chi connectivity index (χ2n) is 6.96. The number of aryl methyl sites for hydroxylation is 2. The molecule has 7 heteroatoms. The van der Waals surface area contributed by atoms with Crippen LogP contribution in [0.2, 0.25) is 0 Å². The number of H-pyrrole nitrogens is 1. The second-order valence-corrected chi connectivity index (χ2v) is 6.96. The molecule has 0 aliphatic carbocycles. The first kappa shape index (κ1) is 17.3. The van der Waals surface area contributed by atoms with E-state index in [1.165, 1.54) is 0 Å². The maximum absolute atomic E-state index is 13.0. The topological polar surface area (TPSA) is 74.2 Å². The molecule has 0 spiro atoms. The number of carbonyl (C=O) groups is 2. The van der Waals surface area contributed by atoms with Crippen molar-refractivity contribution in [3.63, 3.8) is 0 Å². The molecule has 4 rings (SSSR count). The van der Waals surface area contributed by atoms with Crippen LogP contribution < -0.4 is 0 Å². The van der Waals surface area contributed by atoms with Crippen LogP contribution in [0.3, 0.4) is 0 Å². The van der Waals surface area contributed by atoms with Gasteiger partial charge in [0, 0.05) is 51.2 Å². The molecule has 0 unspecified atom stereocenters.